The van der Waals surface area contributed by atoms with Gasteiger partial charge in [0.25, 0.3) is 0 Å². The molecule has 124 valence electrons. The van der Waals surface area contributed by atoms with Crippen molar-refractivity contribution in [3.63, 3.8) is 0 Å². The van der Waals surface area contributed by atoms with Crippen LogP contribution in [0.15, 0.2) is 34.8 Å². The lowest BCUT2D eigenvalue weighted by atomic mass is 9.83. The van der Waals surface area contributed by atoms with Crippen LogP contribution in [0, 0.1) is 6.92 Å². The van der Waals surface area contributed by atoms with Crippen molar-refractivity contribution in [2.45, 2.75) is 25.3 Å². The van der Waals surface area contributed by atoms with Crippen molar-refractivity contribution in [2.24, 2.45) is 0 Å². The molecule has 0 atom stereocenters. The van der Waals surface area contributed by atoms with E-state index < -0.39 is 17.4 Å². The summed E-state index contributed by atoms with van der Waals surface area (Å²) in [7, 11) is 0. The molecule has 1 aromatic carbocycles. The molecule has 0 fully saturated rings. The average molecular weight is 392 g/mol. The number of ketones is 1. The first-order valence-corrected chi connectivity index (χ1v) is 8.07. The maximum atomic E-state index is 12.9. The van der Waals surface area contributed by atoms with Crippen LogP contribution in [0.25, 0.3) is 0 Å². The Labute approximate surface area is 145 Å². The molecule has 0 bridgehead atoms. The van der Waals surface area contributed by atoms with E-state index >= 15 is 0 Å². The Kier molecular flexibility index (Phi) is 3.83. The average Bonchev–Trinajstić information content (AvgIpc) is 3.06. The fourth-order valence-corrected chi connectivity index (χ4v) is 4.02. The summed E-state index contributed by atoms with van der Waals surface area (Å²) in [4.78, 5) is 36.3. The minimum Gasteiger partial charge on any atom is -0.480 e. The number of hydrogen-bond donors (Lipinski definition) is 2. The molecule has 0 radical (unpaired) electrons. The Balaban J connectivity index is 2.25. The summed E-state index contributed by atoms with van der Waals surface area (Å²) < 4.78 is 1.89. The zero-order valence-electron chi connectivity index (χ0n) is 12.7. The van der Waals surface area contributed by atoms with Gasteiger partial charge in [-0.05, 0) is 34.8 Å². The highest BCUT2D eigenvalue weighted by atomic mass is 79.9. The molecule has 0 saturated heterocycles. The molecule has 6 nitrogen and oxygen atoms in total. The van der Waals surface area contributed by atoms with Gasteiger partial charge >= 0.3 is 11.9 Å². The van der Waals surface area contributed by atoms with Gasteiger partial charge in [-0.15, -0.1) is 0 Å². The Morgan fingerprint density at radius 3 is 2.25 bits per heavy atom. The summed E-state index contributed by atoms with van der Waals surface area (Å²) in [6.07, 6.45) is -0.0963. The van der Waals surface area contributed by atoms with Gasteiger partial charge in [0.15, 0.2) is 0 Å². The van der Waals surface area contributed by atoms with Gasteiger partial charge in [0.2, 0.25) is 11.2 Å². The highest BCUT2D eigenvalue weighted by Gasteiger charge is 2.56. The molecule has 1 aliphatic rings. The third-order valence-corrected chi connectivity index (χ3v) is 5.50. The Morgan fingerprint density at radius 2 is 1.71 bits per heavy atom. The molecule has 0 spiro atoms. The van der Waals surface area contributed by atoms with Gasteiger partial charge < -0.3 is 14.8 Å². The topological polar surface area (TPSA) is 96.6 Å². The van der Waals surface area contributed by atoms with Crippen LogP contribution in [-0.2, 0) is 21.5 Å². The van der Waals surface area contributed by atoms with Crippen molar-refractivity contribution in [3.8, 4) is 0 Å². The monoisotopic (exact) mass is 391 g/mol. The van der Waals surface area contributed by atoms with Gasteiger partial charge in [0, 0.05) is 16.6 Å². The van der Waals surface area contributed by atoms with Gasteiger partial charge in [0.05, 0.1) is 11.4 Å². The van der Waals surface area contributed by atoms with E-state index in [1.165, 1.54) is 4.57 Å². The fraction of sp³-hybridized carbons (Fsp3) is 0.235. The molecule has 0 amide bonds. The minimum atomic E-state index is -2.04. The molecule has 2 aromatic rings. The minimum absolute atomic E-state index is 0.0963. The Morgan fingerprint density at radius 1 is 1.12 bits per heavy atom. The number of carbonyl (C=O) groups is 3. The number of benzene rings is 1. The molecule has 3 rings (SSSR count). The van der Waals surface area contributed by atoms with Gasteiger partial charge in [-0.1, -0.05) is 30.3 Å². The number of carboxylic acid groups (broad SMARTS) is 2. The number of nitrogens with zero attached hydrogens (tertiary/aromatic N) is 1. The number of fused-ring (bicyclic) bond motifs is 1. The number of rotatable bonds is 4. The number of halogens is 1. The number of aliphatic carboxylic acids is 2. The SMILES string of the molecule is Cc1c(Br)c2n(c1C(=O)c1ccccc1)CCC2(C(=O)O)C(=O)O. The number of carbonyl (C=O) groups excluding carboxylic acids is 1. The normalized spacial score (nSPS) is 15.1. The first kappa shape index (κ1) is 16.4. The molecule has 1 aliphatic heterocycles. The van der Waals surface area contributed by atoms with Crippen molar-refractivity contribution in [3.05, 3.63) is 57.3 Å². The lowest BCUT2D eigenvalue weighted by Crippen LogP contribution is -2.42. The van der Waals surface area contributed by atoms with E-state index in [-0.39, 0.29) is 24.4 Å². The number of aromatic nitrogens is 1. The fourth-order valence-electron chi connectivity index (χ4n) is 3.28. The zero-order chi connectivity index (χ0) is 17.6. The molecule has 0 aliphatic carbocycles. The standard InChI is InChI=1S/C17H14BrNO5/c1-9-11(18)14-17(15(21)22,16(23)24)7-8-19(14)12(9)13(20)10-5-3-2-4-6-10/h2-6H,7-8H2,1H3,(H,21,22)(H,23,24). The van der Waals surface area contributed by atoms with Crippen LogP contribution in [0.2, 0.25) is 0 Å². The van der Waals surface area contributed by atoms with E-state index in [2.05, 4.69) is 15.9 Å². The van der Waals surface area contributed by atoms with Crippen molar-refractivity contribution >= 4 is 33.7 Å². The number of carboxylic acids is 2. The van der Waals surface area contributed by atoms with Crippen molar-refractivity contribution in [1.29, 1.82) is 0 Å². The van der Waals surface area contributed by atoms with E-state index in [0.29, 0.717) is 21.3 Å². The second kappa shape index (κ2) is 5.59. The second-order valence-electron chi connectivity index (χ2n) is 5.75. The van der Waals surface area contributed by atoms with Crippen molar-refractivity contribution in [2.75, 3.05) is 0 Å². The van der Waals surface area contributed by atoms with Gasteiger partial charge in [-0.3, -0.25) is 14.4 Å². The van der Waals surface area contributed by atoms with Gasteiger partial charge in [-0.2, -0.15) is 0 Å². The van der Waals surface area contributed by atoms with E-state index in [9.17, 15) is 24.6 Å². The summed E-state index contributed by atoms with van der Waals surface area (Å²) in [6, 6.07) is 8.62. The molecule has 1 aromatic heterocycles. The highest BCUT2D eigenvalue weighted by Crippen LogP contribution is 2.44. The first-order chi connectivity index (χ1) is 11.3. The molecule has 0 unspecified atom stereocenters. The van der Waals surface area contributed by atoms with Gasteiger partial charge in [0.1, 0.15) is 0 Å². The van der Waals surface area contributed by atoms with Crippen molar-refractivity contribution < 1.29 is 24.6 Å². The second-order valence-corrected chi connectivity index (χ2v) is 6.54. The lowest BCUT2D eigenvalue weighted by molar-refractivity contribution is -0.157. The summed E-state index contributed by atoms with van der Waals surface area (Å²) in [5.41, 5.74) is -0.576. The third-order valence-electron chi connectivity index (χ3n) is 4.53. The molecule has 2 N–H and O–H groups in total. The summed E-state index contributed by atoms with van der Waals surface area (Å²) in [5.74, 6) is -3.11. The maximum Gasteiger partial charge on any atom is 0.327 e. The molecule has 7 heteroatoms. The first-order valence-electron chi connectivity index (χ1n) is 7.28. The van der Waals surface area contributed by atoms with Crippen LogP contribution >= 0.6 is 15.9 Å². The summed E-state index contributed by atoms with van der Waals surface area (Å²) >= 11 is 3.31. The lowest BCUT2D eigenvalue weighted by Gasteiger charge is -2.18. The van der Waals surface area contributed by atoms with Crippen LogP contribution < -0.4 is 0 Å². The largest absolute Gasteiger partial charge is 0.480 e. The maximum absolute atomic E-state index is 12.9. The Hall–Kier alpha value is -2.41. The molecular formula is C17H14BrNO5. The highest BCUT2D eigenvalue weighted by molar-refractivity contribution is 9.10. The summed E-state index contributed by atoms with van der Waals surface area (Å²) in [5, 5.41) is 19.1. The van der Waals surface area contributed by atoms with Crippen LogP contribution in [0.3, 0.4) is 0 Å². The zero-order valence-corrected chi connectivity index (χ0v) is 14.3. The van der Waals surface area contributed by atoms with Crippen LogP contribution in [0.1, 0.15) is 33.7 Å². The predicted octanol–water partition coefficient (Wildman–Crippen LogP) is 2.60. The van der Waals surface area contributed by atoms with Crippen LogP contribution in [0.4, 0.5) is 0 Å². The molecule has 2 heterocycles. The quantitative estimate of drug-likeness (QED) is 0.616. The van der Waals surface area contributed by atoms with Gasteiger partial charge in [-0.25, -0.2) is 0 Å². The Bertz CT molecular complexity index is 855. The van der Waals surface area contributed by atoms with E-state index in [1.54, 1.807) is 37.3 Å². The smallest absolute Gasteiger partial charge is 0.327 e. The molecule has 24 heavy (non-hydrogen) atoms. The third kappa shape index (κ3) is 2.04. The molecule has 0 saturated carbocycles. The van der Waals surface area contributed by atoms with E-state index in [4.69, 9.17) is 0 Å². The molecular weight excluding hydrogens is 378 g/mol. The van der Waals surface area contributed by atoms with E-state index in [1.807, 2.05) is 0 Å². The van der Waals surface area contributed by atoms with Crippen LogP contribution in [0.5, 0.6) is 0 Å². The predicted molar refractivity (Wildman–Crippen MR) is 88.3 cm³/mol. The number of hydrogen-bond acceptors (Lipinski definition) is 3. The van der Waals surface area contributed by atoms with Crippen molar-refractivity contribution in [1.82, 2.24) is 4.57 Å². The van der Waals surface area contributed by atoms with E-state index in [0.717, 1.165) is 0 Å². The summed E-state index contributed by atoms with van der Waals surface area (Å²) in [6.45, 7) is 1.84. The van der Waals surface area contributed by atoms with Crippen LogP contribution in [-0.4, -0.2) is 32.5 Å².